The third kappa shape index (κ3) is 3.53. The van der Waals surface area contributed by atoms with E-state index in [-0.39, 0.29) is 0 Å². The minimum atomic E-state index is 0.524. The van der Waals surface area contributed by atoms with E-state index in [1.54, 1.807) is 7.05 Å². The fraction of sp³-hybridized carbons (Fsp3) is 0.385. The predicted molar refractivity (Wildman–Crippen MR) is 80.0 cm³/mol. The molecule has 2 rings (SSSR count). The number of nitrogens with one attached hydrogen (secondary N) is 2. The molecule has 0 unspecified atom stereocenters. The van der Waals surface area contributed by atoms with Crippen LogP contribution in [0.3, 0.4) is 0 Å². The molecular formula is C13H19N7. The Hall–Kier alpha value is -2.44. The molecule has 0 spiro atoms. The molecule has 7 nitrogen and oxygen atoms in total. The maximum Gasteiger partial charge on any atom is 0.231 e. The molecule has 0 saturated heterocycles. The average molecular weight is 273 g/mol. The summed E-state index contributed by atoms with van der Waals surface area (Å²) < 4.78 is 0. The van der Waals surface area contributed by atoms with Gasteiger partial charge in [-0.05, 0) is 19.1 Å². The van der Waals surface area contributed by atoms with E-state index in [0.29, 0.717) is 24.4 Å². The molecule has 0 aromatic carbocycles. The van der Waals surface area contributed by atoms with E-state index in [1.165, 1.54) is 0 Å². The number of rotatable bonds is 5. The van der Waals surface area contributed by atoms with Crippen molar-refractivity contribution in [3.8, 4) is 0 Å². The average Bonchev–Trinajstić information content (AvgIpc) is 2.45. The van der Waals surface area contributed by atoms with Crippen LogP contribution >= 0.6 is 0 Å². The van der Waals surface area contributed by atoms with Crippen LogP contribution in [0, 0.1) is 6.92 Å². The molecule has 2 aromatic heterocycles. The van der Waals surface area contributed by atoms with Crippen molar-refractivity contribution in [2.45, 2.75) is 13.5 Å². The number of aryl methyl sites for hydroxylation is 1. The van der Waals surface area contributed by atoms with E-state index in [0.717, 1.165) is 11.4 Å². The molecule has 2 N–H and O–H groups in total. The van der Waals surface area contributed by atoms with Crippen molar-refractivity contribution in [2.75, 3.05) is 36.7 Å². The molecule has 0 aliphatic rings. The van der Waals surface area contributed by atoms with Crippen LogP contribution in [0.5, 0.6) is 0 Å². The largest absolute Gasteiger partial charge is 0.357 e. The summed E-state index contributed by atoms with van der Waals surface area (Å²) in [5.41, 5.74) is 1.94. The summed E-state index contributed by atoms with van der Waals surface area (Å²) in [6.07, 6.45) is 0. The molecule has 0 aliphatic carbocycles. The van der Waals surface area contributed by atoms with E-state index in [9.17, 15) is 0 Å². The first-order chi connectivity index (χ1) is 9.58. The van der Waals surface area contributed by atoms with E-state index in [4.69, 9.17) is 0 Å². The van der Waals surface area contributed by atoms with Gasteiger partial charge in [0, 0.05) is 26.8 Å². The molecular weight excluding hydrogens is 254 g/mol. The zero-order valence-corrected chi connectivity index (χ0v) is 12.2. The number of nitrogens with zero attached hydrogens (tertiary/aromatic N) is 5. The summed E-state index contributed by atoms with van der Waals surface area (Å²) in [6, 6.07) is 5.92. The molecule has 106 valence electrons. The predicted octanol–water partition coefficient (Wildman–Crippen LogP) is 1.29. The van der Waals surface area contributed by atoms with E-state index >= 15 is 0 Å². The van der Waals surface area contributed by atoms with Gasteiger partial charge in [0.1, 0.15) is 0 Å². The van der Waals surface area contributed by atoms with Gasteiger partial charge in [0.05, 0.1) is 12.2 Å². The van der Waals surface area contributed by atoms with Gasteiger partial charge in [0.2, 0.25) is 17.8 Å². The highest BCUT2D eigenvalue weighted by molar-refractivity contribution is 5.42. The van der Waals surface area contributed by atoms with E-state index in [2.05, 4.69) is 30.6 Å². The lowest BCUT2D eigenvalue weighted by Gasteiger charge is -2.13. The van der Waals surface area contributed by atoms with Crippen molar-refractivity contribution >= 4 is 17.8 Å². The number of aromatic nitrogens is 4. The van der Waals surface area contributed by atoms with Crippen LogP contribution in [0.25, 0.3) is 0 Å². The van der Waals surface area contributed by atoms with Gasteiger partial charge in [-0.25, -0.2) is 0 Å². The number of hydrogen-bond donors (Lipinski definition) is 2. The highest BCUT2D eigenvalue weighted by atomic mass is 15.3. The summed E-state index contributed by atoms with van der Waals surface area (Å²) in [7, 11) is 5.56. The zero-order chi connectivity index (χ0) is 14.5. The molecule has 0 aliphatic heterocycles. The van der Waals surface area contributed by atoms with E-state index in [1.807, 2.05) is 44.1 Å². The van der Waals surface area contributed by atoms with Crippen LogP contribution in [-0.4, -0.2) is 41.1 Å². The smallest absolute Gasteiger partial charge is 0.231 e. The fourth-order valence-electron chi connectivity index (χ4n) is 1.62. The van der Waals surface area contributed by atoms with Gasteiger partial charge < -0.3 is 15.5 Å². The van der Waals surface area contributed by atoms with Crippen molar-refractivity contribution < 1.29 is 0 Å². The highest BCUT2D eigenvalue weighted by Gasteiger charge is 2.07. The van der Waals surface area contributed by atoms with Crippen LogP contribution in [0.15, 0.2) is 18.2 Å². The Morgan fingerprint density at radius 2 is 1.80 bits per heavy atom. The normalized spacial score (nSPS) is 10.2. The molecule has 0 saturated carbocycles. The Kier molecular flexibility index (Phi) is 4.29. The first-order valence-corrected chi connectivity index (χ1v) is 6.36. The summed E-state index contributed by atoms with van der Waals surface area (Å²) in [5.74, 6) is 1.66. The van der Waals surface area contributed by atoms with Crippen molar-refractivity contribution in [3.05, 3.63) is 29.6 Å². The Labute approximate surface area is 118 Å². The lowest BCUT2D eigenvalue weighted by atomic mass is 10.3. The Bertz CT molecular complexity index is 583. The monoisotopic (exact) mass is 273 g/mol. The van der Waals surface area contributed by atoms with Crippen molar-refractivity contribution in [3.63, 3.8) is 0 Å². The number of pyridine rings is 1. The highest BCUT2D eigenvalue weighted by Crippen LogP contribution is 2.11. The SMILES string of the molecule is CNc1nc(NCc2cccc(C)n2)nc(N(C)C)n1. The molecule has 2 aromatic rings. The van der Waals surface area contributed by atoms with Gasteiger partial charge in [0.15, 0.2) is 0 Å². The van der Waals surface area contributed by atoms with Crippen LogP contribution in [0.1, 0.15) is 11.4 Å². The third-order valence-electron chi connectivity index (χ3n) is 2.62. The molecule has 20 heavy (non-hydrogen) atoms. The van der Waals surface area contributed by atoms with Crippen LogP contribution in [0.4, 0.5) is 17.8 Å². The second-order valence-corrected chi connectivity index (χ2v) is 4.55. The summed E-state index contributed by atoms with van der Waals surface area (Å²) >= 11 is 0. The standard InChI is InChI=1S/C13H19N7/c1-9-6-5-7-10(16-9)8-15-12-17-11(14-2)18-13(19-12)20(3)4/h5-7H,8H2,1-4H3,(H2,14,15,17,18,19). The van der Waals surface area contributed by atoms with Gasteiger partial charge in [0.25, 0.3) is 0 Å². The number of anilines is 3. The van der Waals surface area contributed by atoms with Gasteiger partial charge in [-0.1, -0.05) is 6.07 Å². The van der Waals surface area contributed by atoms with Gasteiger partial charge in [-0.2, -0.15) is 15.0 Å². The fourth-order valence-corrected chi connectivity index (χ4v) is 1.62. The zero-order valence-electron chi connectivity index (χ0n) is 12.2. The molecule has 2 heterocycles. The van der Waals surface area contributed by atoms with Crippen LogP contribution < -0.4 is 15.5 Å². The second-order valence-electron chi connectivity index (χ2n) is 4.55. The lowest BCUT2D eigenvalue weighted by molar-refractivity contribution is 0.931. The Morgan fingerprint density at radius 1 is 1.05 bits per heavy atom. The first kappa shape index (κ1) is 14.0. The van der Waals surface area contributed by atoms with Crippen molar-refractivity contribution in [1.82, 2.24) is 19.9 Å². The molecule has 0 fully saturated rings. The van der Waals surface area contributed by atoms with E-state index < -0.39 is 0 Å². The number of hydrogen-bond acceptors (Lipinski definition) is 7. The molecule has 0 amide bonds. The topological polar surface area (TPSA) is 78.9 Å². The van der Waals surface area contributed by atoms with Gasteiger partial charge in [-0.3, -0.25) is 4.98 Å². The summed E-state index contributed by atoms with van der Waals surface area (Å²) in [5, 5.41) is 6.09. The third-order valence-corrected chi connectivity index (χ3v) is 2.62. The molecule has 0 bridgehead atoms. The molecule has 0 radical (unpaired) electrons. The minimum absolute atomic E-state index is 0.524. The lowest BCUT2D eigenvalue weighted by Crippen LogP contribution is -2.16. The summed E-state index contributed by atoms with van der Waals surface area (Å²) in [6.45, 7) is 2.54. The molecule has 7 heteroatoms. The quantitative estimate of drug-likeness (QED) is 0.850. The maximum absolute atomic E-state index is 4.43. The second kappa shape index (κ2) is 6.14. The van der Waals surface area contributed by atoms with Crippen LogP contribution in [0.2, 0.25) is 0 Å². The van der Waals surface area contributed by atoms with Crippen molar-refractivity contribution in [1.29, 1.82) is 0 Å². The van der Waals surface area contributed by atoms with Crippen LogP contribution in [-0.2, 0) is 6.54 Å². The Balaban J connectivity index is 2.14. The minimum Gasteiger partial charge on any atom is -0.357 e. The Morgan fingerprint density at radius 3 is 2.45 bits per heavy atom. The molecule has 0 atom stereocenters. The summed E-state index contributed by atoms with van der Waals surface area (Å²) in [4.78, 5) is 19.1. The van der Waals surface area contributed by atoms with Gasteiger partial charge in [-0.15, -0.1) is 0 Å². The first-order valence-electron chi connectivity index (χ1n) is 6.36. The van der Waals surface area contributed by atoms with Crippen molar-refractivity contribution in [2.24, 2.45) is 0 Å². The van der Waals surface area contributed by atoms with Gasteiger partial charge >= 0.3 is 0 Å². The maximum atomic E-state index is 4.43.